The van der Waals surface area contributed by atoms with Crippen LogP contribution in [0, 0.1) is 11.8 Å². The van der Waals surface area contributed by atoms with Crippen molar-refractivity contribution in [3.63, 3.8) is 0 Å². The van der Waals surface area contributed by atoms with Gasteiger partial charge in [0.15, 0.2) is 0 Å². The first-order chi connectivity index (χ1) is 12.3. The normalized spacial score (nSPS) is 41.5. The average molecular weight is 354 g/mol. The second-order valence-corrected chi connectivity index (χ2v) is 8.82. The van der Waals surface area contributed by atoms with Gasteiger partial charge < -0.3 is 15.3 Å². The number of aliphatic hydroxyl groups is 2. The molecule has 1 fully saturated rings. The molecule has 0 aromatic heterocycles. The Morgan fingerprint density at radius 1 is 1.19 bits per heavy atom. The van der Waals surface area contributed by atoms with E-state index in [1.807, 2.05) is 31.2 Å². The van der Waals surface area contributed by atoms with Gasteiger partial charge in [-0.1, -0.05) is 37.3 Å². The summed E-state index contributed by atoms with van der Waals surface area (Å²) in [7, 11) is 0. The highest BCUT2D eigenvalue weighted by atomic mass is 16.4. The molecule has 5 atom stereocenters. The Balaban J connectivity index is 1.78. The second-order valence-electron chi connectivity index (χ2n) is 8.82. The van der Waals surface area contributed by atoms with Gasteiger partial charge in [-0.05, 0) is 74.6 Å². The van der Waals surface area contributed by atoms with Gasteiger partial charge in [0.1, 0.15) is 5.75 Å². The Morgan fingerprint density at radius 2 is 2.00 bits per heavy atom. The number of rotatable bonds is 2. The number of phenolic OH excluding ortho intramolecular Hbond substituents is 1. The molecule has 0 heterocycles. The molecule has 0 bridgehead atoms. The maximum atomic E-state index is 11.7. The predicted molar refractivity (Wildman–Crippen MR) is 103 cm³/mol. The first kappa shape index (κ1) is 17.8. The average Bonchev–Trinajstić information content (AvgIpc) is 2.63. The fourth-order valence-corrected chi connectivity index (χ4v) is 6.09. The molecule has 3 nitrogen and oxygen atoms in total. The maximum absolute atomic E-state index is 11.7. The third-order valence-electron chi connectivity index (χ3n) is 7.54. The van der Waals surface area contributed by atoms with Crippen LogP contribution >= 0.6 is 0 Å². The van der Waals surface area contributed by atoms with Crippen molar-refractivity contribution >= 4 is 0 Å². The fraction of sp³-hybridized carbons (Fsp3) is 0.565. The minimum absolute atomic E-state index is 0.0430. The summed E-state index contributed by atoms with van der Waals surface area (Å²) < 4.78 is 0. The number of allylic oxidation sites excluding steroid dienone is 3. The van der Waals surface area contributed by atoms with Crippen molar-refractivity contribution in [2.24, 2.45) is 11.8 Å². The Bertz CT molecular complexity index is 763. The van der Waals surface area contributed by atoms with Gasteiger partial charge in [-0.15, -0.1) is 0 Å². The van der Waals surface area contributed by atoms with Crippen molar-refractivity contribution in [2.75, 3.05) is 0 Å². The van der Waals surface area contributed by atoms with Crippen LogP contribution in [-0.4, -0.2) is 26.5 Å². The Hall–Kier alpha value is -1.58. The number of phenols is 1. The first-order valence-corrected chi connectivity index (χ1v) is 9.93. The van der Waals surface area contributed by atoms with Crippen molar-refractivity contribution < 1.29 is 15.3 Å². The summed E-state index contributed by atoms with van der Waals surface area (Å²) in [6.07, 6.45) is 13.0. The van der Waals surface area contributed by atoms with Crippen LogP contribution < -0.4 is 0 Å². The standard InChI is InChI=1S/C23H30O3/c1-3-22-15-21(2,25)23(26,17-7-5-4-6-8-17)14-18(22)10-9-16-13-19(24)11-12-20(16)22/h4-7,11-13,17-18,24-26H,3,8-10,14-15H2,1-2H3/t17?,18-,21+,22-,23-/m1/s1. The molecule has 0 radical (unpaired) electrons. The molecule has 1 aromatic rings. The van der Waals surface area contributed by atoms with Crippen LogP contribution in [0.15, 0.2) is 42.5 Å². The summed E-state index contributed by atoms with van der Waals surface area (Å²) in [5.41, 5.74) is 0.0592. The molecule has 1 unspecified atom stereocenters. The minimum atomic E-state index is -1.16. The molecular formula is C23H30O3. The lowest BCUT2D eigenvalue weighted by atomic mass is 9.47. The molecule has 0 amide bonds. The molecule has 1 aromatic carbocycles. The highest BCUT2D eigenvalue weighted by molar-refractivity contribution is 5.44. The summed E-state index contributed by atoms with van der Waals surface area (Å²) in [5, 5.41) is 33.1. The summed E-state index contributed by atoms with van der Waals surface area (Å²) in [6.45, 7) is 4.01. The van der Waals surface area contributed by atoms with E-state index in [9.17, 15) is 15.3 Å². The van der Waals surface area contributed by atoms with Crippen LogP contribution in [-0.2, 0) is 11.8 Å². The monoisotopic (exact) mass is 354 g/mol. The molecule has 3 aliphatic carbocycles. The third kappa shape index (κ3) is 2.40. The van der Waals surface area contributed by atoms with Crippen LogP contribution in [0.25, 0.3) is 0 Å². The van der Waals surface area contributed by atoms with Gasteiger partial charge in [0, 0.05) is 11.3 Å². The van der Waals surface area contributed by atoms with E-state index >= 15 is 0 Å². The number of aromatic hydroxyl groups is 1. The fourth-order valence-electron chi connectivity index (χ4n) is 6.09. The van der Waals surface area contributed by atoms with Crippen molar-refractivity contribution in [2.45, 2.75) is 69.0 Å². The van der Waals surface area contributed by atoms with Crippen LogP contribution in [0.3, 0.4) is 0 Å². The van der Waals surface area contributed by atoms with Crippen molar-refractivity contribution in [3.05, 3.63) is 53.6 Å². The molecule has 4 rings (SSSR count). The number of hydrogen-bond donors (Lipinski definition) is 3. The molecule has 140 valence electrons. The third-order valence-corrected chi connectivity index (χ3v) is 7.54. The summed E-state index contributed by atoms with van der Waals surface area (Å²) in [5.74, 6) is 0.610. The van der Waals surface area contributed by atoms with Crippen LogP contribution in [0.2, 0.25) is 0 Å². The number of fused-ring (bicyclic) bond motifs is 3. The lowest BCUT2D eigenvalue weighted by molar-refractivity contribution is -0.216. The van der Waals surface area contributed by atoms with Gasteiger partial charge in [0.25, 0.3) is 0 Å². The van der Waals surface area contributed by atoms with Gasteiger partial charge in [0.05, 0.1) is 11.2 Å². The topological polar surface area (TPSA) is 60.7 Å². The first-order valence-electron chi connectivity index (χ1n) is 9.93. The molecule has 3 heteroatoms. The van der Waals surface area contributed by atoms with E-state index in [0.717, 1.165) is 25.7 Å². The Morgan fingerprint density at radius 3 is 2.69 bits per heavy atom. The van der Waals surface area contributed by atoms with E-state index in [4.69, 9.17) is 0 Å². The number of hydrogen-bond acceptors (Lipinski definition) is 3. The van der Waals surface area contributed by atoms with E-state index < -0.39 is 11.2 Å². The van der Waals surface area contributed by atoms with Gasteiger partial charge in [-0.25, -0.2) is 0 Å². The summed E-state index contributed by atoms with van der Waals surface area (Å²) in [4.78, 5) is 0. The Kier molecular flexibility index (Phi) is 4.09. The molecular weight excluding hydrogens is 324 g/mol. The minimum Gasteiger partial charge on any atom is -0.508 e. The molecule has 0 spiro atoms. The van der Waals surface area contributed by atoms with Gasteiger partial charge in [-0.3, -0.25) is 0 Å². The van der Waals surface area contributed by atoms with E-state index in [1.165, 1.54) is 11.1 Å². The number of benzene rings is 1. The molecule has 26 heavy (non-hydrogen) atoms. The predicted octanol–water partition coefficient (Wildman–Crippen LogP) is 4.01. The lowest BCUT2D eigenvalue weighted by Crippen LogP contribution is -2.66. The summed E-state index contributed by atoms with van der Waals surface area (Å²) in [6, 6.07) is 5.69. The lowest BCUT2D eigenvalue weighted by Gasteiger charge is -2.60. The summed E-state index contributed by atoms with van der Waals surface area (Å²) >= 11 is 0. The molecule has 0 aliphatic heterocycles. The van der Waals surface area contributed by atoms with E-state index in [-0.39, 0.29) is 11.3 Å². The molecule has 3 aliphatic rings. The molecule has 3 N–H and O–H groups in total. The van der Waals surface area contributed by atoms with E-state index in [0.29, 0.717) is 24.5 Å². The largest absolute Gasteiger partial charge is 0.508 e. The quantitative estimate of drug-likeness (QED) is 0.752. The SMILES string of the molecule is CC[C@@]12C[C@](C)(O)[C@](O)(C3C=CC=CC3)C[C@H]1CCc1cc(O)ccc12. The van der Waals surface area contributed by atoms with Crippen molar-refractivity contribution in [3.8, 4) is 5.75 Å². The Labute approximate surface area is 156 Å². The smallest absolute Gasteiger partial charge is 0.115 e. The van der Waals surface area contributed by atoms with E-state index in [2.05, 4.69) is 19.1 Å². The van der Waals surface area contributed by atoms with Crippen LogP contribution in [0.1, 0.15) is 57.1 Å². The maximum Gasteiger partial charge on any atom is 0.115 e. The zero-order chi connectivity index (χ0) is 18.6. The van der Waals surface area contributed by atoms with Crippen LogP contribution in [0.4, 0.5) is 0 Å². The molecule has 1 saturated carbocycles. The molecule has 0 saturated heterocycles. The highest BCUT2D eigenvalue weighted by Crippen LogP contribution is 2.59. The zero-order valence-electron chi connectivity index (χ0n) is 15.8. The second kappa shape index (κ2) is 5.97. The zero-order valence-corrected chi connectivity index (χ0v) is 15.8. The van der Waals surface area contributed by atoms with E-state index in [1.54, 1.807) is 6.07 Å². The van der Waals surface area contributed by atoms with Crippen molar-refractivity contribution in [1.82, 2.24) is 0 Å². The van der Waals surface area contributed by atoms with Gasteiger partial charge in [-0.2, -0.15) is 0 Å². The van der Waals surface area contributed by atoms with Gasteiger partial charge in [0.2, 0.25) is 0 Å². The highest BCUT2D eigenvalue weighted by Gasteiger charge is 2.62. The van der Waals surface area contributed by atoms with Crippen molar-refractivity contribution in [1.29, 1.82) is 0 Å². The van der Waals surface area contributed by atoms with Crippen LogP contribution in [0.5, 0.6) is 5.75 Å². The number of aryl methyl sites for hydroxylation is 1. The van der Waals surface area contributed by atoms with Gasteiger partial charge >= 0.3 is 0 Å².